The average molecular weight is 260 g/mol. The second kappa shape index (κ2) is 4.81. The number of carboxylic acids is 1. The van der Waals surface area contributed by atoms with Crippen LogP contribution in [0.2, 0.25) is 0 Å². The Kier molecular flexibility index (Phi) is 3.19. The van der Waals surface area contributed by atoms with Crippen LogP contribution in [0.1, 0.15) is 17.3 Å². The molecular weight excluding hydrogens is 248 g/mol. The van der Waals surface area contributed by atoms with Crippen LogP contribution in [0.25, 0.3) is 5.69 Å². The normalized spacial score (nSPS) is 10.2. The maximum Gasteiger partial charge on any atom is 0.335 e. The molecule has 1 aromatic heterocycles. The number of aromatic nitrogens is 2. The van der Waals surface area contributed by atoms with Gasteiger partial charge in [-0.2, -0.15) is 0 Å². The van der Waals surface area contributed by atoms with Crippen molar-refractivity contribution in [1.82, 2.24) is 9.55 Å². The van der Waals surface area contributed by atoms with Crippen molar-refractivity contribution in [3.63, 3.8) is 0 Å². The summed E-state index contributed by atoms with van der Waals surface area (Å²) in [7, 11) is 0. The highest BCUT2D eigenvalue weighted by molar-refractivity contribution is 5.94. The van der Waals surface area contributed by atoms with Gasteiger partial charge in [0.15, 0.2) is 0 Å². The number of hydrogen-bond donors (Lipinski definition) is 3. The summed E-state index contributed by atoms with van der Waals surface area (Å²) in [5, 5.41) is 11.6. The van der Waals surface area contributed by atoms with Crippen LogP contribution in [-0.4, -0.2) is 26.5 Å². The zero-order valence-electron chi connectivity index (χ0n) is 10.1. The first-order chi connectivity index (χ1) is 8.99. The van der Waals surface area contributed by atoms with Crippen molar-refractivity contribution in [1.29, 1.82) is 0 Å². The fourth-order valence-corrected chi connectivity index (χ4v) is 1.68. The van der Waals surface area contributed by atoms with E-state index in [2.05, 4.69) is 10.3 Å². The summed E-state index contributed by atoms with van der Waals surface area (Å²) in [5.74, 6) is -1.12. The van der Waals surface area contributed by atoms with E-state index < -0.39 is 5.97 Å². The zero-order chi connectivity index (χ0) is 14.0. The van der Waals surface area contributed by atoms with Crippen LogP contribution in [0.5, 0.6) is 0 Å². The molecule has 0 fully saturated rings. The van der Waals surface area contributed by atoms with Crippen LogP contribution < -0.4 is 11.1 Å². The summed E-state index contributed by atoms with van der Waals surface area (Å²) in [6, 6.07) is 4.34. The molecule has 0 aliphatic rings. The molecule has 1 heterocycles. The lowest BCUT2D eigenvalue weighted by Gasteiger charge is -2.12. The van der Waals surface area contributed by atoms with Gasteiger partial charge in [0.25, 0.3) is 0 Å². The number of hydrogen-bond acceptors (Lipinski definition) is 4. The number of benzene rings is 1. The van der Waals surface area contributed by atoms with Gasteiger partial charge in [-0.3, -0.25) is 9.36 Å². The number of anilines is 2. The van der Waals surface area contributed by atoms with Crippen molar-refractivity contribution in [2.24, 2.45) is 0 Å². The maximum atomic E-state index is 11.2. The minimum Gasteiger partial charge on any atom is -0.478 e. The summed E-state index contributed by atoms with van der Waals surface area (Å²) in [6.07, 6.45) is 3.07. The van der Waals surface area contributed by atoms with E-state index in [4.69, 9.17) is 10.8 Å². The highest BCUT2D eigenvalue weighted by Crippen LogP contribution is 2.24. The third kappa shape index (κ3) is 2.54. The predicted molar refractivity (Wildman–Crippen MR) is 69.2 cm³/mol. The minimum absolute atomic E-state index is 0.0946. The maximum absolute atomic E-state index is 11.2. The first-order valence-electron chi connectivity index (χ1n) is 5.43. The van der Waals surface area contributed by atoms with Gasteiger partial charge in [0.2, 0.25) is 11.9 Å². The number of imidazole rings is 1. The molecule has 0 spiro atoms. The third-order valence-electron chi connectivity index (χ3n) is 2.48. The SMILES string of the molecule is CC(=O)Nc1ccc(C(=O)O)cc1-n1ccnc1N. The molecule has 0 aliphatic heterocycles. The second-order valence-electron chi connectivity index (χ2n) is 3.87. The largest absolute Gasteiger partial charge is 0.478 e. The van der Waals surface area contributed by atoms with Crippen molar-refractivity contribution < 1.29 is 14.7 Å². The number of rotatable bonds is 3. The van der Waals surface area contributed by atoms with E-state index in [-0.39, 0.29) is 17.4 Å². The van der Waals surface area contributed by atoms with Crippen LogP contribution in [-0.2, 0) is 4.79 Å². The Morgan fingerprint density at radius 3 is 2.68 bits per heavy atom. The molecule has 0 aliphatic carbocycles. The van der Waals surface area contributed by atoms with Crippen LogP contribution >= 0.6 is 0 Å². The number of nitrogens with two attached hydrogens (primary N) is 1. The van der Waals surface area contributed by atoms with E-state index in [1.807, 2.05) is 0 Å². The van der Waals surface area contributed by atoms with Gasteiger partial charge in [-0.1, -0.05) is 0 Å². The number of carbonyl (C=O) groups is 2. The number of carbonyl (C=O) groups excluding carboxylic acids is 1. The standard InChI is InChI=1S/C12H12N4O3/c1-7(17)15-9-3-2-8(11(18)19)6-10(9)16-5-4-14-12(16)13/h2-6H,1H3,(H2,13,14)(H,15,17)(H,18,19). The summed E-state index contributed by atoms with van der Waals surface area (Å²) < 4.78 is 1.50. The van der Waals surface area contributed by atoms with Crippen molar-refractivity contribution in [3.05, 3.63) is 36.2 Å². The molecule has 98 valence electrons. The molecule has 2 rings (SSSR count). The molecule has 1 amide bonds. The Balaban J connectivity index is 2.59. The molecule has 19 heavy (non-hydrogen) atoms. The van der Waals surface area contributed by atoms with Crippen molar-refractivity contribution in [3.8, 4) is 5.69 Å². The monoisotopic (exact) mass is 260 g/mol. The molecule has 0 bridgehead atoms. The lowest BCUT2D eigenvalue weighted by molar-refractivity contribution is -0.114. The number of aromatic carboxylic acids is 1. The Bertz CT molecular complexity index is 648. The molecule has 0 saturated carbocycles. The Labute approximate surface area is 108 Å². The number of carboxylic acid groups (broad SMARTS) is 1. The molecular formula is C12H12N4O3. The molecule has 0 saturated heterocycles. The van der Waals surface area contributed by atoms with Crippen LogP contribution in [0.3, 0.4) is 0 Å². The predicted octanol–water partition coefficient (Wildman–Crippen LogP) is 1.11. The van der Waals surface area contributed by atoms with Gasteiger partial charge in [0.05, 0.1) is 16.9 Å². The second-order valence-corrected chi connectivity index (χ2v) is 3.87. The smallest absolute Gasteiger partial charge is 0.335 e. The van der Waals surface area contributed by atoms with E-state index in [1.54, 1.807) is 6.20 Å². The van der Waals surface area contributed by atoms with Gasteiger partial charge in [-0.25, -0.2) is 9.78 Å². The number of nitrogens with one attached hydrogen (secondary N) is 1. The average Bonchev–Trinajstić information content (AvgIpc) is 2.75. The molecule has 4 N–H and O–H groups in total. The lowest BCUT2D eigenvalue weighted by Crippen LogP contribution is -2.11. The van der Waals surface area contributed by atoms with Gasteiger partial charge in [0, 0.05) is 19.3 Å². The first kappa shape index (κ1) is 12.6. The highest BCUT2D eigenvalue weighted by atomic mass is 16.4. The third-order valence-corrected chi connectivity index (χ3v) is 2.48. The lowest BCUT2D eigenvalue weighted by atomic mass is 10.1. The van der Waals surface area contributed by atoms with Gasteiger partial charge in [0.1, 0.15) is 0 Å². The molecule has 0 atom stereocenters. The zero-order valence-corrected chi connectivity index (χ0v) is 10.1. The Morgan fingerprint density at radius 1 is 1.42 bits per heavy atom. The van der Waals surface area contributed by atoms with E-state index in [1.165, 1.54) is 35.9 Å². The minimum atomic E-state index is -1.06. The topological polar surface area (TPSA) is 110 Å². The van der Waals surface area contributed by atoms with Gasteiger partial charge >= 0.3 is 5.97 Å². The molecule has 7 heteroatoms. The van der Waals surface area contributed by atoms with E-state index in [9.17, 15) is 9.59 Å². The fourth-order valence-electron chi connectivity index (χ4n) is 1.68. The molecule has 0 unspecified atom stereocenters. The Morgan fingerprint density at radius 2 is 2.16 bits per heavy atom. The van der Waals surface area contributed by atoms with Crippen LogP contribution in [0, 0.1) is 0 Å². The highest BCUT2D eigenvalue weighted by Gasteiger charge is 2.12. The van der Waals surface area contributed by atoms with Gasteiger partial charge in [-0.15, -0.1) is 0 Å². The van der Waals surface area contributed by atoms with E-state index in [0.717, 1.165) is 0 Å². The van der Waals surface area contributed by atoms with Crippen molar-refractivity contribution in [2.75, 3.05) is 11.1 Å². The summed E-state index contributed by atoms with van der Waals surface area (Å²) in [5.41, 5.74) is 6.69. The van der Waals surface area contributed by atoms with Gasteiger partial charge in [-0.05, 0) is 18.2 Å². The van der Waals surface area contributed by atoms with E-state index in [0.29, 0.717) is 11.4 Å². The summed E-state index contributed by atoms with van der Waals surface area (Å²) in [4.78, 5) is 26.0. The van der Waals surface area contributed by atoms with Crippen LogP contribution in [0.15, 0.2) is 30.6 Å². The number of amides is 1. The van der Waals surface area contributed by atoms with E-state index >= 15 is 0 Å². The van der Waals surface area contributed by atoms with Crippen molar-refractivity contribution in [2.45, 2.75) is 6.92 Å². The van der Waals surface area contributed by atoms with Crippen LogP contribution in [0.4, 0.5) is 11.6 Å². The van der Waals surface area contributed by atoms with Crippen molar-refractivity contribution >= 4 is 23.5 Å². The fraction of sp³-hybridized carbons (Fsp3) is 0.0833. The summed E-state index contributed by atoms with van der Waals surface area (Å²) >= 11 is 0. The quantitative estimate of drug-likeness (QED) is 0.765. The number of nitrogens with zero attached hydrogens (tertiary/aromatic N) is 2. The molecule has 2 aromatic rings. The summed E-state index contributed by atoms with van der Waals surface area (Å²) in [6.45, 7) is 1.37. The first-order valence-corrected chi connectivity index (χ1v) is 5.43. The molecule has 7 nitrogen and oxygen atoms in total. The molecule has 0 radical (unpaired) electrons. The number of nitrogen functional groups attached to an aromatic ring is 1. The van der Waals surface area contributed by atoms with Gasteiger partial charge < -0.3 is 16.2 Å². The molecule has 1 aromatic carbocycles. The Hall–Kier alpha value is -2.83.